The molecule has 1 aliphatic rings. The summed E-state index contributed by atoms with van der Waals surface area (Å²) in [5.74, 6) is -1.08. The summed E-state index contributed by atoms with van der Waals surface area (Å²) in [5, 5.41) is 17.1. The van der Waals surface area contributed by atoms with Crippen LogP contribution in [0.2, 0.25) is 0 Å². The molecule has 0 unspecified atom stereocenters. The van der Waals surface area contributed by atoms with Crippen molar-refractivity contribution in [3.8, 4) is 0 Å². The highest BCUT2D eigenvalue weighted by Gasteiger charge is 2.25. The van der Waals surface area contributed by atoms with Gasteiger partial charge in [-0.3, -0.25) is 14.5 Å². The molecule has 166 valence electrons. The second-order valence-corrected chi connectivity index (χ2v) is 9.34. The van der Waals surface area contributed by atoms with E-state index in [4.69, 9.17) is 0 Å². The minimum atomic E-state index is -1.11. The highest BCUT2D eigenvalue weighted by Crippen LogP contribution is 2.23. The summed E-state index contributed by atoms with van der Waals surface area (Å²) in [6.07, 6.45) is 1.47. The van der Waals surface area contributed by atoms with Crippen LogP contribution in [-0.2, 0) is 4.79 Å². The first-order valence-electron chi connectivity index (χ1n) is 9.99. The minimum Gasteiger partial charge on any atom is -0.478 e. The highest BCUT2D eigenvalue weighted by atomic mass is 32.1. The van der Waals surface area contributed by atoms with Gasteiger partial charge in [0.1, 0.15) is 11.4 Å². The van der Waals surface area contributed by atoms with Crippen molar-refractivity contribution in [1.29, 1.82) is 0 Å². The van der Waals surface area contributed by atoms with Gasteiger partial charge in [-0.05, 0) is 38.3 Å². The number of anilines is 2. The first-order valence-corrected chi connectivity index (χ1v) is 10.9. The summed E-state index contributed by atoms with van der Waals surface area (Å²) in [6, 6.07) is 4.90. The van der Waals surface area contributed by atoms with Gasteiger partial charge in [-0.15, -0.1) is 11.3 Å². The lowest BCUT2D eigenvalue weighted by atomic mass is 10.1. The molecule has 0 radical (unpaired) electrons. The minimum absolute atomic E-state index is 0.0305. The van der Waals surface area contributed by atoms with Crippen molar-refractivity contribution >= 4 is 40.6 Å². The van der Waals surface area contributed by atoms with Crippen molar-refractivity contribution < 1.29 is 19.5 Å². The molecule has 10 heteroatoms. The van der Waals surface area contributed by atoms with Gasteiger partial charge in [0.2, 0.25) is 5.91 Å². The number of pyridine rings is 1. The summed E-state index contributed by atoms with van der Waals surface area (Å²) in [7, 11) is 0. The Kier molecular flexibility index (Phi) is 6.91. The van der Waals surface area contributed by atoms with Crippen molar-refractivity contribution in [3.63, 3.8) is 0 Å². The summed E-state index contributed by atoms with van der Waals surface area (Å²) in [5.41, 5.74) is 0.0832. The zero-order chi connectivity index (χ0) is 22.6. The van der Waals surface area contributed by atoms with Gasteiger partial charge in [0.25, 0.3) is 5.91 Å². The van der Waals surface area contributed by atoms with E-state index in [1.807, 2.05) is 30.6 Å². The number of carboxylic acids is 1. The van der Waals surface area contributed by atoms with E-state index in [2.05, 4.69) is 15.6 Å². The molecule has 2 aromatic heterocycles. The molecule has 9 nitrogen and oxygen atoms in total. The molecule has 0 spiro atoms. The molecular weight excluding hydrogens is 418 g/mol. The zero-order valence-corrected chi connectivity index (χ0v) is 18.7. The predicted octanol–water partition coefficient (Wildman–Crippen LogP) is 2.13. The maximum atomic E-state index is 12.2. The Balaban J connectivity index is 1.64. The van der Waals surface area contributed by atoms with Crippen LogP contribution < -0.4 is 15.5 Å². The van der Waals surface area contributed by atoms with Crippen molar-refractivity contribution in [3.05, 3.63) is 40.2 Å². The van der Waals surface area contributed by atoms with Crippen molar-refractivity contribution in [1.82, 2.24) is 15.2 Å². The van der Waals surface area contributed by atoms with Crippen LogP contribution in [-0.4, -0.2) is 71.0 Å². The third-order valence-electron chi connectivity index (χ3n) is 4.65. The molecule has 0 atom stereocenters. The van der Waals surface area contributed by atoms with Crippen LogP contribution in [0.5, 0.6) is 0 Å². The van der Waals surface area contributed by atoms with Gasteiger partial charge in [-0.2, -0.15) is 0 Å². The fourth-order valence-electron chi connectivity index (χ4n) is 3.31. The SMILES string of the molecule is CC(C)(C)NC(=O)CN1CCN(c2ncc(NC(=O)c3cccs3)cc2C(=O)O)CC1. The number of aromatic nitrogens is 1. The van der Waals surface area contributed by atoms with E-state index in [0.29, 0.717) is 49.1 Å². The number of nitrogens with one attached hydrogen (secondary N) is 2. The number of thiophene rings is 1. The first kappa shape index (κ1) is 22.7. The van der Waals surface area contributed by atoms with Gasteiger partial charge >= 0.3 is 5.97 Å². The average molecular weight is 446 g/mol. The highest BCUT2D eigenvalue weighted by molar-refractivity contribution is 7.12. The number of hydrogen-bond acceptors (Lipinski definition) is 7. The van der Waals surface area contributed by atoms with E-state index in [9.17, 15) is 19.5 Å². The molecule has 3 N–H and O–H groups in total. The molecular formula is C21H27N5O4S. The average Bonchev–Trinajstić information content (AvgIpc) is 3.22. The van der Waals surface area contributed by atoms with Crippen LogP contribution in [0.25, 0.3) is 0 Å². The maximum Gasteiger partial charge on any atom is 0.339 e. The number of carboxylic acid groups (broad SMARTS) is 1. The standard InChI is InChI=1S/C21H27N5O4S/c1-21(2,3)24-17(27)13-25-6-8-26(9-7-25)18-15(20(29)30)11-14(12-22-18)23-19(28)16-5-4-10-31-16/h4-5,10-12H,6-9,13H2,1-3H3,(H,23,28)(H,24,27)(H,29,30). The zero-order valence-electron chi connectivity index (χ0n) is 17.8. The molecule has 2 aromatic rings. The number of rotatable bonds is 6. The molecule has 1 fully saturated rings. The number of hydrogen-bond donors (Lipinski definition) is 3. The van der Waals surface area contributed by atoms with Gasteiger partial charge in [-0.1, -0.05) is 6.07 Å². The van der Waals surface area contributed by atoms with Crippen LogP contribution >= 0.6 is 11.3 Å². The van der Waals surface area contributed by atoms with Crippen LogP contribution in [0.4, 0.5) is 11.5 Å². The quantitative estimate of drug-likeness (QED) is 0.624. The number of aromatic carboxylic acids is 1. The Morgan fingerprint density at radius 2 is 1.90 bits per heavy atom. The molecule has 1 aliphatic heterocycles. The van der Waals surface area contributed by atoms with Gasteiger partial charge < -0.3 is 20.6 Å². The van der Waals surface area contributed by atoms with Crippen molar-refractivity contribution in [2.24, 2.45) is 0 Å². The molecule has 0 bridgehead atoms. The number of amides is 2. The van der Waals surface area contributed by atoms with E-state index >= 15 is 0 Å². The fourth-order valence-corrected chi connectivity index (χ4v) is 3.93. The topological polar surface area (TPSA) is 115 Å². The summed E-state index contributed by atoms with van der Waals surface area (Å²) in [6.45, 7) is 8.47. The van der Waals surface area contributed by atoms with Gasteiger partial charge in [0.15, 0.2) is 0 Å². The number of nitrogens with zero attached hydrogens (tertiary/aromatic N) is 3. The van der Waals surface area contributed by atoms with E-state index < -0.39 is 5.97 Å². The molecule has 3 rings (SSSR count). The lowest BCUT2D eigenvalue weighted by molar-refractivity contribution is -0.123. The molecule has 0 aromatic carbocycles. The Hall–Kier alpha value is -2.98. The van der Waals surface area contributed by atoms with Crippen LogP contribution in [0.3, 0.4) is 0 Å². The van der Waals surface area contributed by atoms with Gasteiger partial charge in [0, 0.05) is 31.7 Å². The molecule has 2 amide bonds. The Bertz CT molecular complexity index is 947. The maximum absolute atomic E-state index is 12.2. The largest absolute Gasteiger partial charge is 0.478 e. The van der Waals surface area contributed by atoms with Crippen molar-refractivity contribution in [2.75, 3.05) is 42.9 Å². The number of carbonyl (C=O) groups is 3. The number of carbonyl (C=O) groups excluding carboxylic acids is 2. The van der Waals surface area contributed by atoms with Crippen LogP contribution in [0.15, 0.2) is 29.8 Å². The van der Waals surface area contributed by atoms with E-state index in [1.54, 1.807) is 17.5 Å². The third-order valence-corrected chi connectivity index (χ3v) is 5.52. The molecule has 3 heterocycles. The van der Waals surface area contributed by atoms with Crippen molar-refractivity contribution in [2.45, 2.75) is 26.3 Å². The molecule has 0 aliphatic carbocycles. The van der Waals surface area contributed by atoms with Gasteiger partial charge in [0.05, 0.1) is 23.3 Å². The summed E-state index contributed by atoms with van der Waals surface area (Å²) >= 11 is 1.30. The smallest absolute Gasteiger partial charge is 0.339 e. The van der Waals surface area contributed by atoms with Crippen LogP contribution in [0.1, 0.15) is 40.8 Å². The lowest BCUT2D eigenvalue weighted by Crippen LogP contribution is -2.52. The van der Waals surface area contributed by atoms with Crippen LogP contribution in [0, 0.1) is 0 Å². The molecule has 0 saturated carbocycles. The Morgan fingerprint density at radius 3 is 2.48 bits per heavy atom. The normalized spacial score (nSPS) is 14.9. The monoisotopic (exact) mass is 445 g/mol. The number of piperazine rings is 1. The summed E-state index contributed by atoms with van der Waals surface area (Å²) < 4.78 is 0. The molecule has 31 heavy (non-hydrogen) atoms. The van der Waals surface area contributed by atoms with Gasteiger partial charge in [-0.25, -0.2) is 9.78 Å². The summed E-state index contributed by atoms with van der Waals surface area (Å²) in [4.78, 5) is 45.0. The predicted molar refractivity (Wildman–Crippen MR) is 120 cm³/mol. The lowest BCUT2D eigenvalue weighted by Gasteiger charge is -2.36. The van der Waals surface area contributed by atoms with E-state index in [0.717, 1.165) is 0 Å². The van der Waals surface area contributed by atoms with E-state index in [1.165, 1.54) is 23.6 Å². The second kappa shape index (κ2) is 9.44. The third kappa shape index (κ3) is 6.25. The second-order valence-electron chi connectivity index (χ2n) is 8.39. The first-order chi connectivity index (χ1) is 14.6. The Labute approximate surface area is 185 Å². The molecule has 1 saturated heterocycles. The Morgan fingerprint density at radius 1 is 1.19 bits per heavy atom. The fraction of sp³-hybridized carbons (Fsp3) is 0.429. The van der Waals surface area contributed by atoms with E-state index in [-0.39, 0.29) is 22.9 Å².